The molecule has 1 aromatic heterocycles. The van der Waals surface area contributed by atoms with E-state index in [1.54, 1.807) is 0 Å². The maximum absolute atomic E-state index is 6.41. The highest BCUT2D eigenvalue weighted by Crippen LogP contribution is 2.30. The summed E-state index contributed by atoms with van der Waals surface area (Å²) in [5, 5.41) is 4.13. The van der Waals surface area contributed by atoms with E-state index in [1.807, 2.05) is 45.0 Å². The average Bonchev–Trinajstić information content (AvgIpc) is 2.62. The second-order valence-corrected chi connectivity index (χ2v) is 7.00. The molecule has 0 aliphatic carbocycles. The van der Waals surface area contributed by atoms with Crippen LogP contribution in [-0.4, -0.2) is 16.5 Å². The van der Waals surface area contributed by atoms with Crippen LogP contribution in [0.15, 0.2) is 48.5 Å². The molecule has 0 amide bonds. The Morgan fingerprint density at radius 1 is 0.923 bits per heavy atom. The molecule has 3 nitrogen and oxygen atoms in total. The molecule has 3 aromatic rings. The van der Waals surface area contributed by atoms with Gasteiger partial charge in [0.2, 0.25) is 0 Å². The Morgan fingerprint density at radius 2 is 1.69 bits per heavy atom. The van der Waals surface area contributed by atoms with Crippen molar-refractivity contribution in [3.63, 3.8) is 0 Å². The highest BCUT2D eigenvalue weighted by atomic mass is 35.5. The van der Waals surface area contributed by atoms with E-state index in [0.717, 1.165) is 53.4 Å². The number of benzene rings is 2. The zero-order valence-electron chi connectivity index (χ0n) is 15.5. The normalized spacial score (nSPS) is 10.8. The summed E-state index contributed by atoms with van der Waals surface area (Å²) >= 11 is 6.41. The van der Waals surface area contributed by atoms with Gasteiger partial charge in [-0.3, -0.25) is 0 Å². The number of anilines is 1. The Labute approximate surface area is 160 Å². The molecule has 26 heavy (non-hydrogen) atoms. The molecule has 0 aliphatic rings. The number of nitrogens with zero attached hydrogens (tertiary/aromatic N) is 2. The van der Waals surface area contributed by atoms with Gasteiger partial charge >= 0.3 is 0 Å². The molecule has 3 rings (SSSR count). The van der Waals surface area contributed by atoms with Crippen LogP contribution in [0, 0.1) is 20.8 Å². The molecule has 0 radical (unpaired) electrons. The fraction of sp³-hybridized carbons (Fsp3) is 0.273. The number of hydrogen-bond donors (Lipinski definition) is 1. The molecular formula is C22H24ClN3. The minimum absolute atomic E-state index is 0.713. The summed E-state index contributed by atoms with van der Waals surface area (Å²) in [7, 11) is 0. The van der Waals surface area contributed by atoms with Crippen LogP contribution in [0.4, 0.5) is 5.82 Å². The minimum atomic E-state index is 0.713. The van der Waals surface area contributed by atoms with Crippen molar-refractivity contribution in [2.75, 3.05) is 11.9 Å². The summed E-state index contributed by atoms with van der Waals surface area (Å²) in [6.45, 7) is 6.86. The van der Waals surface area contributed by atoms with Crippen molar-refractivity contribution in [2.24, 2.45) is 0 Å². The van der Waals surface area contributed by atoms with E-state index in [0.29, 0.717) is 5.02 Å². The van der Waals surface area contributed by atoms with Crippen LogP contribution in [0.1, 0.15) is 28.9 Å². The van der Waals surface area contributed by atoms with Gasteiger partial charge in [-0.25, -0.2) is 9.97 Å². The van der Waals surface area contributed by atoms with Crippen LogP contribution in [0.5, 0.6) is 0 Å². The molecule has 0 unspecified atom stereocenters. The molecule has 0 spiro atoms. The van der Waals surface area contributed by atoms with Crippen LogP contribution in [0.2, 0.25) is 5.02 Å². The highest BCUT2D eigenvalue weighted by molar-refractivity contribution is 6.33. The minimum Gasteiger partial charge on any atom is -0.369 e. The van der Waals surface area contributed by atoms with Gasteiger partial charge < -0.3 is 5.32 Å². The van der Waals surface area contributed by atoms with Crippen molar-refractivity contribution < 1.29 is 0 Å². The third-order valence-corrected chi connectivity index (χ3v) is 4.71. The van der Waals surface area contributed by atoms with E-state index in [2.05, 4.69) is 29.6 Å². The van der Waals surface area contributed by atoms with Crippen molar-refractivity contribution in [1.82, 2.24) is 9.97 Å². The number of aryl methyl sites for hydroxylation is 4. The molecule has 0 saturated heterocycles. The maximum atomic E-state index is 6.41. The molecule has 0 aliphatic heterocycles. The summed E-state index contributed by atoms with van der Waals surface area (Å²) in [6, 6.07) is 16.6. The average molecular weight is 366 g/mol. The lowest BCUT2D eigenvalue weighted by molar-refractivity contribution is 0.854. The fourth-order valence-corrected chi connectivity index (χ4v) is 3.31. The second kappa shape index (κ2) is 8.33. The second-order valence-electron chi connectivity index (χ2n) is 6.59. The van der Waals surface area contributed by atoms with E-state index in [4.69, 9.17) is 21.6 Å². The summed E-state index contributed by atoms with van der Waals surface area (Å²) in [5.74, 6) is 0.850. The van der Waals surface area contributed by atoms with Gasteiger partial charge in [0.25, 0.3) is 0 Å². The quantitative estimate of drug-likeness (QED) is 0.564. The summed E-state index contributed by atoms with van der Waals surface area (Å²) in [6.07, 6.45) is 2.10. The van der Waals surface area contributed by atoms with Crippen LogP contribution in [0.25, 0.3) is 11.3 Å². The van der Waals surface area contributed by atoms with Crippen molar-refractivity contribution >= 4 is 17.4 Å². The number of aromatic nitrogens is 2. The van der Waals surface area contributed by atoms with E-state index >= 15 is 0 Å². The van der Waals surface area contributed by atoms with Crippen LogP contribution >= 0.6 is 11.6 Å². The molecular weight excluding hydrogens is 342 g/mol. The Morgan fingerprint density at radius 3 is 2.42 bits per heavy atom. The highest BCUT2D eigenvalue weighted by Gasteiger charge is 2.12. The number of halogens is 1. The molecule has 1 N–H and O–H groups in total. The SMILES string of the molecule is Cc1ccc(-c2nc(C)c(NCCCc3ccccc3)nc2C)c(Cl)c1. The van der Waals surface area contributed by atoms with Crippen LogP contribution in [0.3, 0.4) is 0 Å². The maximum Gasteiger partial charge on any atom is 0.147 e. The zero-order valence-corrected chi connectivity index (χ0v) is 16.3. The smallest absolute Gasteiger partial charge is 0.147 e. The first kappa shape index (κ1) is 18.4. The lowest BCUT2D eigenvalue weighted by atomic mass is 10.1. The molecule has 2 aromatic carbocycles. The van der Waals surface area contributed by atoms with E-state index < -0.39 is 0 Å². The molecule has 134 valence electrons. The van der Waals surface area contributed by atoms with Gasteiger partial charge in [-0.15, -0.1) is 0 Å². The van der Waals surface area contributed by atoms with Gasteiger partial charge in [-0.1, -0.05) is 54.1 Å². The summed E-state index contributed by atoms with van der Waals surface area (Å²) < 4.78 is 0. The van der Waals surface area contributed by atoms with Gasteiger partial charge in [-0.05, 0) is 50.8 Å². The van der Waals surface area contributed by atoms with Gasteiger partial charge in [-0.2, -0.15) is 0 Å². The third kappa shape index (κ3) is 4.41. The summed E-state index contributed by atoms with van der Waals surface area (Å²) in [5.41, 5.74) is 6.05. The molecule has 1 heterocycles. The van der Waals surface area contributed by atoms with Crippen molar-refractivity contribution in [1.29, 1.82) is 0 Å². The predicted octanol–water partition coefficient (Wildman–Crippen LogP) is 5.77. The molecule has 0 fully saturated rings. The predicted molar refractivity (Wildman–Crippen MR) is 110 cm³/mol. The van der Waals surface area contributed by atoms with Crippen LogP contribution in [-0.2, 0) is 6.42 Å². The summed E-state index contributed by atoms with van der Waals surface area (Å²) in [4.78, 5) is 9.49. The van der Waals surface area contributed by atoms with E-state index in [-0.39, 0.29) is 0 Å². The number of nitrogens with one attached hydrogen (secondary N) is 1. The third-order valence-electron chi connectivity index (χ3n) is 4.40. The Hall–Kier alpha value is -2.39. The molecule has 4 heteroatoms. The van der Waals surface area contributed by atoms with Crippen molar-refractivity contribution in [3.8, 4) is 11.3 Å². The van der Waals surface area contributed by atoms with Crippen molar-refractivity contribution in [2.45, 2.75) is 33.6 Å². The van der Waals surface area contributed by atoms with E-state index in [1.165, 1.54) is 5.56 Å². The van der Waals surface area contributed by atoms with E-state index in [9.17, 15) is 0 Å². The van der Waals surface area contributed by atoms with Gasteiger partial charge in [0.1, 0.15) is 5.82 Å². The number of hydrogen-bond acceptors (Lipinski definition) is 3. The van der Waals surface area contributed by atoms with Gasteiger partial charge in [0.15, 0.2) is 0 Å². The zero-order chi connectivity index (χ0) is 18.5. The molecule has 0 saturated carbocycles. The van der Waals surface area contributed by atoms with Gasteiger partial charge in [0.05, 0.1) is 22.1 Å². The Kier molecular flexibility index (Phi) is 5.89. The standard InChI is InChI=1S/C22H24ClN3/c1-15-11-12-19(20(23)14-15)21-16(2)26-22(17(3)25-21)24-13-7-10-18-8-5-4-6-9-18/h4-6,8-9,11-12,14H,7,10,13H2,1-3H3,(H,24,26). The molecule has 0 bridgehead atoms. The van der Waals surface area contributed by atoms with Crippen molar-refractivity contribution in [3.05, 3.63) is 76.1 Å². The Balaban J connectivity index is 1.69. The first-order chi connectivity index (χ1) is 12.5. The first-order valence-corrected chi connectivity index (χ1v) is 9.32. The molecule has 0 atom stereocenters. The topological polar surface area (TPSA) is 37.8 Å². The fourth-order valence-electron chi connectivity index (χ4n) is 2.98. The lowest BCUT2D eigenvalue weighted by Gasteiger charge is -2.13. The first-order valence-electron chi connectivity index (χ1n) is 8.94. The number of rotatable bonds is 6. The van der Waals surface area contributed by atoms with Crippen LogP contribution < -0.4 is 5.32 Å². The Bertz CT molecular complexity index is 891. The monoisotopic (exact) mass is 365 g/mol. The largest absolute Gasteiger partial charge is 0.369 e. The van der Waals surface area contributed by atoms with Gasteiger partial charge in [0, 0.05) is 12.1 Å². The lowest BCUT2D eigenvalue weighted by Crippen LogP contribution is -2.09.